The third kappa shape index (κ3) is 5.76. The molecule has 11 nitrogen and oxygen atoms in total. The van der Waals surface area contributed by atoms with Gasteiger partial charge < -0.3 is 11.1 Å². The highest BCUT2D eigenvalue weighted by Crippen LogP contribution is 2.35. The summed E-state index contributed by atoms with van der Waals surface area (Å²) in [6.45, 7) is 6.85. The van der Waals surface area contributed by atoms with Crippen molar-refractivity contribution >= 4 is 32.7 Å². The number of halogens is 1. The Morgan fingerprint density at radius 1 is 1.07 bits per heavy atom. The molecule has 5 aromatic rings. The van der Waals surface area contributed by atoms with Gasteiger partial charge in [0.25, 0.3) is 5.56 Å². The number of aromatic nitrogens is 5. The van der Waals surface area contributed by atoms with Crippen molar-refractivity contribution in [2.45, 2.75) is 44.6 Å². The smallest absolute Gasteiger partial charge is 0.269 e. The Bertz CT molecular complexity index is 2070. The van der Waals surface area contributed by atoms with Crippen LogP contribution in [0.3, 0.4) is 0 Å². The summed E-state index contributed by atoms with van der Waals surface area (Å²) < 4.78 is 44.8. The number of benzene rings is 2. The summed E-state index contributed by atoms with van der Waals surface area (Å²) in [5, 5.41) is 3.25. The molecular weight excluding hydrogens is 595 g/mol. The Hall–Kier alpha value is -4.75. The molecule has 0 radical (unpaired) electrons. The second-order valence-corrected chi connectivity index (χ2v) is 13.8. The fraction of sp³-hybridized carbons (Fsp3) is 0.281. The van der Waals surface area contributed by atoms with Crippen molar-refractivity contribution in [1.29, 1.82) is 0 Å². The number of para-hydroxylation sites is 1. The third-order valence-electron chi connectivity index (χ3n) is 8.03. The third-order valence-corrected chi connectivity index (χ3v) is 9.84. The van der Waals surface area contributed by atoms with Crippen LogP contribution in [0.1, 0.15) is 45.5 Å². The molecule has 1 atom stereocenters. The number of fused-ring (bicyclic) bond motifs is 1. The van der Waals surface area contributed by atoms with Gasteiger partial charge >= 0.3 is 0 Å². The van der Waals surface area contributed by atoms with Gasteiger partial charge in [0.15, 0.2) is 0 Å². The molecule has 6 rings (SSSR count). The van der Waals surface area contributed by atoms with Crippen LogP contribution in [0.2, 0.25) is 0 Å². The zero-order chi connectivity index (χ0) is 31.9. The van der Waals surface area contributed by atoms with Crippen molar-refractivity contribution in [1.82, 2.24) is 28.8 Å². The fourth-order valence-electron chi connectivity index (χ4n) is 5.62. The molecule has 0 spiro atoms. The second-order valence-electron chi connectivity index (χ2n) is 11.8. The summed E-state index contributed by atoms with van der Waals surface area (Å²) in [5.41, 5.74) is 7.00. The number of hydrogen-bond donors (Lipinski definition) is 2. The number of nitrogens with one attached hydrogen (secondary N) is 1. The Kier molecular flexibility index (Phi) is 7.83. The summed E-state index contributed by atoms with van der Waals surface area (Å²) in [5.74, 6) is -0.0451. The van der Waals surface area contributed by atoms with Crippen LogP contribution >= 0.6 is 0 Å². The number of nitrogens with two attached hydrogens (primary N) is 1. The van der Waals surface area contributed by atoms with Crippen LogP contribution in [-0.2, 0) is 10.0 Å². The molecule has 13 heteroatoms. The van der Waals surface area contributed by atoms with Gasteiger partial charge in [-0.15, -0.1) is 0 Å². The first-order chi connectivity index (χ1) is 21.5. The largest absolute Gasteiger partial charge is 0.368 e. The Labute approximate surface area is 260 Å². The van der Waals surface area contributed by atoms with Crippen LogP contribution in [0, 0.1) is 11.2 Å². The number of sulfonamides is 1. The van der Waals surface area contributed by atoms with Gasteiger partial charge in [0.2, 0.25) is 16.0 Å². The van der Waals surface area contributed by atoms with E-state index < -0.39 is 27.4 Å². The highest BCUT2D eigenvalue weighted by Gasteiger charge is 2.37. The van der Waals surface area contributed by atoms with E-state index in [0.717, 1.165) is 6.42 Å². The maximum atomic E-state index is 14.9. The molecule has 1 saturated heterocycles. The summed E-state index contributed by atoms with van der Waals surface area (Å²) >= 11 is 0. The molecule has 0 bridgehead atoms. The van der Waals surface area contributed by atoms with Crippen molar-refractivity contribution in [2.24, 2.45) is 5.41 Å². The highest BCUT2D eigenvalue weighted by molar-refractivity contribution is 7.89. The normalized spacial score (nSPS) is 15.7. The van der Waals surface area contributed by atoms with Crippen molar-refractivity contribution in [3.63, 3.8) is 0 Å². The van der Waals surface area contributed by atoms with Crippen LogP contribution in [0.5, 0.6) is 0 Å². The number of rotatable bonds is 8. The fourth-order valence-corrected chi connectivity index (χ4v) is 7.24. The maximum absolute atomic E-state index is 14.9. The average molecular weight is 629 g/mol. The molecule has 0 aliphatic carbocycles. The Morgan fingerprint density at radius 2 is 1.84 bits per heavy atom. The number of anilines is 2. The lowest BCUT2D eigenvalue weighted by Crippen LogP contribution is -2.30. The van der Waals surface area contributed by atoms with Gasteiger partial charge in [0.1, 0.15) is 27.7 Å². The lowest BCUT2D eigenvalue weighted by molar-refractivity contribution is 0.375. The van der Waals surface area contributed by atoms with Gasteiger partial charge in [-0.2, -0.15) is 9.29 Å². The molecule has 3 aromatic heterocycles. The van der Waals surface area contributed by atoms with E-state index in [2.05, 4.69) is 20.3 Å². The summed E-state index contributed by atoms with van der Waals surface area (Å²) in [6.07, 6.45) is 5.57. The molecule has 3 N–H and O–H groups in total. The number of nitrogens with zero attached hydrogens (tertiary/aromatic N) is 6. The molecule has 4 heterocycles. The first-order valence-corrected chi connectivity index (χ1v) is 16.0. The predicted molar refractivity (Wildman–Crippen MR) is 171 cm³/mol. The molecule has 1 fully saturated rings. The van der Waals surface area contributed by atoms with E-state index in [1.165, 1.54) is 39.6 Å². The van der Waals surface area contributed by atoms with Crippen molar-refractivity contribution < 1.29 is 12.8 Å². The zero-order valence-electron chi connectivity index (χ0n) is 25.1. The summed E-state index contributed by atoms with van der Waals surface area (Å²) in [4.78, 5) is 31.5. The van der Waals surface area contributed by atoms with E-state index in [9.17, 15) is 17.6 Å². The van der Waals surface area contributed by atoms with Gasteiger partial charge in [0.05, 0.1) is 17.2 Å². The first kappa shape index (κ1) is 30.3. The van der Waals surface area contributed by atoms with Crippen LogP contribution in [0.4, 0.5) is 16.2 Å². The first-order valence-electron chi connectivity index (χ1n) is 14.6. The molecule has 2 aromatic carbocycles. The Balaban J connectivity index is 1.45. The molecule has 45 heavy (non-hydrogen) atoms. The van der Waals surface area contributed by atoms with Gasteiger partial charge in [-0.25, -0.2) is 22.8 Å². The minimum absolute atomic E-state index is 0.0128. The van der Waals surface area contributed by atoms with E-state index in [4.69, 9.17) is 10.7 Å². The van der Waals surface area contributed by atoms with E-state index in [1.54, 1.807) is 36.4 Å². The van der Waals surface area contributed by atoms with E-state index in [-0.39, 0.29) is 27.2 Å². The molecule has 0 saturated carbocycles. The lowest BCUT2D eigenvalue weighted by Gasteiger charge is -2.23. The van der Waals surface area contributed by atoms with Crippen molar-refractivity contribution in [2.75, 3.05) is 24.1 Å². The highest BCUT2D eigenvalue weighted by atomic mass is 32.2. The number of pyridine rings is 1. The average Bonchev–Trinajstić information content (AvgIpc) is 3.40. The van der Waals surface area contributed by atoms with Crippen molar-refractivity contribution in [3.05, 3.63) is 95.2 Å². The van der Waals surface area contributed by atoms with Gasteiger partial charge in [-0.05, 0) is 48.6 Å². The molecular formula is C32H33FN8O3S. The summed E-state index contributed by atoms with van der Waals surface area (Å²) in [7, 11) is -3.79. The van der Waals surface area contributed by atoms with E-state index >= 15 is 0 Å². The standard InChI is InChI=1S/C32H33FN8O3S/c1-4-25(29-38-26-12-8-11-24(33)27(26)30(42)41(29)21-9-6-5-7-10-21)37-28-23(18-36-31(34)39-28)20-15-22(17-35-16-20)45(43,44)40-14-13-32(2,3)19-40/h5-12,15-18,25H,4,13-14,19H2,1-3H3,(H3,34,36,37,39). The zero-order valence-corrected chi connectivity index (χ0v) is 25.9. The van der Waals surface area contributed by atoms with Crippen LogP contribution in [0.25, 0.3) is 27.7 Å². The predicted octanol–water partition coefficient (Wildman–Crippen LogP) is 4.94. The van der Waals surface area contributed by atoms with Crippen LogP contribution in [0.15, 0.2) is 82.9 Å². The number of nitrogen functional groups attached to an aromatic ring is 1. The SMILES string of the molecule is CCC(Nc1nc(N)ncc1-c1cncc(S(=O)(=O)N2CCC(C)(C)C2)c1)c1nc2cccc(F)c2c(=O)n1-c1ccccc1. The second kappa shape index (κ2) is 11.6. The van der Waals surface area contributed by atoms with Crippen molar-refractivity contribution in [3.8, 4) is 16.8 Å². The monoisotopic (exact) mass is 628 g/mol. The topological polar surface area (TPSA) is 149 Å². The van der Waals surface area contributed by atoms with Gasteiger partial charge in [-0.3, -0.25) is 14.3 Å². The van der Waals surface area contributed by atoms with Crippen LogP contribution < -0.4 is 16.6 Å². The van der Waals surface area contributed by atoms with Gasteiger partial charge in [-0.1, -0.05) is 45.0 Å². The van der Waals surface area contributed by atoms with E-state index in [1.807, 2.05) is 26.8 Å². The molecule has 0 amide bonds. The maximum Gasteiger partial charge on any atom is 0.269 e. The Morgan fingerprint density at radius 3 is 2.56 bits per heavy atom. The molecule has 1 unspecified atom stereocenters. The molecule has 1 aliphatic heterocycles. The minimum atomic E-state index is -3.79. The molecule has 232 valence electrons. The summed E-state index contributed by atoms with van der Waals surface area (Å²) in [6, 6.07) is 14.2. The number of hydrogen-bond acceptors (Lipinski definition) is 9. The molecule has 1 aliphatic rings. The minimum Gasteiger partial charge on any atom is -0.368 e. The quantitative estimate of drug-likeness (QED) is 0.244. The van der Waals surface area contributed by atoms with Crippen LogP contribution in [-0.4, -0.2) is 50.3 Å². The van der Waals surface area contributed by atoms with E-state index in [0.29, 0.717) is 48.0 Å². The lowest BCUT2D eigenvalue weighted by atomic mass is 9.93. The van der Waals surface area contributed by atoms with Gasteiger partial charge in [0, 0.05) is 42.8 Å².